The van der Waals surface area contributed by atoms with Gasteiger partial charge in [0.1, 0.15) is 12.1 Å². The van der Waals surface area contributed by atoms with Crippen molar-refractivity contribution in [2.75, 3.05) is 6.54 Å². The minimum absolute atomic E-state index is 0.174. The lowest BCUT2D eigenvalue weighted by Crippen LogP contribution is -2.54. The van der Waals surface area contributed by atoms with Gasteiger partial charge in [0, 0.05) is 12.8 Å². The Morgan fingerprint density at radius 1 is 0.774 bits per heavy atom. The normalized spacial score (nSPS) is 13.2. The van der Waals surface area contributed by atoms with Crippen LogP contribution >= 0.6 is 0 Å². The van der Waals surface area contributed by atoms with Crippen LogP contribution in [0.5, 0.6) is 0 Å². The topological polar surface area (TPSA) is 268 Å². The van der Waals surface area contributed by atoms with Gasteiger partial charge in [-0.1, -0.05) is 0 Å². The van der Waals surface area contributed by atoms with Crippen molar-refractivity contribution in [1.82, 2.24) is 16.0 Å². The Bertz CT molecular complexity index is 726. The number of carbonyl (C=O) groups is 7. The van der Waals surface area contributed by atoms with Crippen LogP contribution in [0, 0.1) is 0 Å². The number of rotatable bonds is 15. The molecule has 0 aromatic rings. The first kappa shape index (κ1) is 27.2. The zero-order chi connectivity index (χ0) is 24.1. The number of primary amides is 1. The van der Waals surface area contributed by atoms with Crippen LogP contribution in [0.15, 0.2) is 0 Å². The Morgan fingerprint density at radius 3 is 1.87 bits per heavy atom. The Labute approximate surface area is 175 Å². The highest BCUT2D eigenvalue weighted by atomic mass is 16.4. The highest BCUT2D eigenvalue weighted by Crippen LogP contribution is 2.01. The van der Waals surface area contributed by atoms with E-state index in [2.05, 4.69) is 10.6 Å². The molecule has 10 N–H and O–H groups in total. The standard InChI is InChI=1S/C16H25N5O10/c17-7(1-4-12(24)25)14(28)19-6-11(23)20-8(2-3-10(18)22)15(29)21-9(16(30)31)5-13(26)27/h7-9H,1-6,17H2,(H2,18,22)(H,19,28)(H,20,23)(H,21,29)(H,24,25)(H,26,27)(H,30,31). The summed E-state index contributed by atoms with van der Waals surface area (Å²) < 4.78 is 0. The quantitative estimate of drug-likeness (QED) is 0.120. The lowest BCUT2D eigenvalue weighted by atomic mass is 10.1. The Balaban J connectivity index is 4.95. The van der Waals surface area contributed by atoms with Gasteiger partial charge in [0.25, 0.3) is 0 Å². The van der Waals surface area contributed by atoms with Gasteiger partial charge in [0.05, 0.1) is 19.0 Å². The summed E-state index contributed by atoms with van der Waals surface area (Å²) in [6.45, 7) is -0.655. The van der Waals surface area contributed by atoms with E-state index in [0.29, 0.717) is 0 Å². The molecule has 0 spiro atoms. The fourth-order valence-electron chi connectivity index (χ4n) is 2.16. The maximum Gasteiger partial charge on any atom is 0.326 e. The number of carboxylic acid groups (broad SMARTS) is 3. The summed E-state index contributed by atoms with van der Waals surface area (Å²) in [4.78, 5) is 79.3. The van der Waals surface area contributed by atoms with E-state index in [9.17, 15) is 33.6 Å². The molecule has 31 heavy (non-hydrogen) atoms. The molecule has 15 heteroatoms. The number of nitrogens with one attached hydrogen (secondary N) is 3. The van der Waals surface area contributed by atoms with Gasteiger partial charge in [-0.25, -0.2) is 4.79 Å². The molecule has 3 atom stereocenters. The monoisotopic (exact) mass is 447 g/mol. The molecular weight excluding hydrogens is 422 g/mol. The third-order valence-corrected chi connectivity index (χ3v) is 3.75. The zero-order valence-electron chi connectivity index (χ0n) is 16.3. The third-order valence-electron chi connectivity index (χ3n) is 3.75. The van der Waals surface area contributed by atoms with Crippen molar-refractivity contribution in [2.24, 2.45) is 11.5 Å². The van der Waals surface area contributed by atoms with E-state index in [1.54, 1.807) is 0 Å². The van der Waals surface area contributed by atoms with Crippen molar-refractivity contribution < 1.29 is 48.9 Å². The highest BCUT2D eigenvalue weighted by molar-refractivity contribution is 5.93. The maximum absolute atomic E-state index is 12.3. The molecule has 0 aromatic carbocycles. The van der Waals surface area contributed by atoms with E-state index in [1.807, 2.05) is 5.32 Å². The summed E-state index contributed by atoms with van der Waals surface area (Å²) in [7, 11) is 0. The molecule has 0 rings (SSSR count). The largest absolute Gasteiger partial charge is 0.481 e. The fraction of sp³-hybridized carbons (Fsp3) is 0.562. The number of aliphatic carboxylic acids is 3. The van der Waals surface area contributed by atoms with Crippen LogP contribution in [0.2, 0.25) is 0 Å². The van der Waals surface area contributed by atoms with Gasteiger partial charge >= 0.3 is 17.9 Å². The van der Waals surface area contributed by atoms with Gasteiger partial charge in [0.2, 0.25) is 23.6 Å². The number of carboxylic acids is 3. The lowest BCUT2D eigenvalue weighted by molar-refractivity contribution is -0.147. The van der Waals surface area contributed by atoms with E-state index in [4.69, 9.17) is 26.8 Å². The van der Waals surface area contributed by atoms with Gasteiger partial charge in [-0.3, -0.25) is 28.8 Å². The minimum Gasteiger partial charge on any atom is -0.481 e. The van der Waals surface area contributed by atoms with Crippen LogP contribution in [0.4, 0.5) is 0 Å². The van der Waals surface area contributed by atoms with Crippen molar-refractivity contribution in [3.8, 4) is 0 Å². The Kier molecular flexibility index (Phi) is 11.8. The second kappa shape index (κ2) is 13.5. The average Bonchev–Trinajstić information content (AvgIpc) is 2.65. The van der Waals surface area contributed by atoms with Crippen molar-refractivity contribution in [3.05, 3.63) is 0 Å². The third kappa shape index (κ3) is 12.4. The Morgan fingerprint density at radius 2 is 1.39 bits per heavy atom. The first-order chi connectivity index (χ1) is 14.3. The van der Waals surface area contributed by atoms with Gasteiger partial charge in [-0.15, -0.1) is 0 Å². The molecular formula is C16H25N5O10. The second-order valence-electron chi connectivity index (χ2n) is 6.38. The molecule has 174 valence electrons. The molecule has 0 saturated heterocycles. The summed E-state index contributed by atoms with van der Waals surface area (Å²) in [5, 5.41) is 32.5. The van der Waals surface area contributed by atoms with Crippen molar-refractivity contribution in [3.63, 3.8) is 0 Å². The number of carbonyl (C=O) groups excluding carboxylic acids is 4. The van der Waals surface area contributed by atoms with E-state index in [1.165, 1.54) is 0 Å². The second-order valence-corrected chi connectivity index (χ2v) is 6.38. The molecule has 3 unspecified atom stereocenters. The fourth-order valence-corrected chi connectivity index (χ4v) is 2.16. The van der Waals surface area contributed by atoms with Gasteiger partial charge in [0.15, 0.2) is 0 Å². The van der Waals surface area contributed by atoms with Crippen LogP contribution < -0.4 is 27.4 Å². The molecule has 4 amide bonds. The molecule has 0 aliphatic rings. The molecule has 0 aromatic heterocycles. The molecule has 0 radical (unpaired) electrons. The van der Waals surface area contributed by atoms with Crippen molar-refractivity contribution in [2.45, 2.75) is 50.2 Å². The van der Waals surface area contributed by atoms with Crippen LogP contribution in [0.3, 0.4) is 0 Å². The van der Waals surface area contributed by atoms with Gasteiger partial charge in [-0.2, -0.15) is 0 Å². The molecule has 0 aliphatic carbocycles. The van der Waals surface area contributed by atoms with Crippen LogP contribution in [-0.2, 0) is 33.6 Å². The minimum atomic E-state index is -1.79. The van der Waals surface area contributed by atoms with Crippen LogP contribution in [-0.4, -0.2) is 81.5 Å². The average molecular weight is 447 g/mol. The molecule has 0 bridgehead atoms. The predicted molar refractivity (Wildman–Crippen MR) is 100 cm³/mol. The van der Waals surface area contributed by atoms with Crippen molar-refractivity contribution in [1.29, 1.82) is 0 Å². The zero-order valence-corrected chi connectivity index (χ0v) is 16.3. The molecule has 0 aliphatic heterocycles. The van der Waals surface area contributed by atoms with Crippen molar-refractivity contribution >= 4 is 41.5 Å². The van der Waals surface area contributed by atoms with Gasteiger partial charge < -0.3 is 42.7 Å². The van der Waals surface area contributed by atoms with E-state index in [0.717, 1.165) is 0 Å². The summed E-state index contributed by atoms with van der Waals surface area (Å²) in [5.41, 5.74) is 10.5. The van der Waals surface area contributed by atoms with E-state index < -0.39 is 72.6 Å². The molecule has 0 heterocycles. The number of amides is 4. The highest BCUT2D eigenvalue weighted by Gasteiger charge is 2.28. The first-order valence-corrected chi connectivity index (χ1v) is 8.91. The SMILES string of the molecule is NC(=O)CCC(NC(=O)CNC(=O)C(N)CCC(=O)O)C(=O)NC(CC(=O)O)C(=O)O. The first-order valence-electron chi connectivity index (χ1n) is 8.91. The van der Waals surface area contributed by atoms with Gasteiger partial charge in [-0.05, 0) is 12.8 Å². The van der Waals surface area contributed by atoms with Crippen LogP contribution in [0.1, 0.15) is 32.1 Å². The predicted octanol–water partition coefficient (Wildman–Crippen LogP) is -3.91. The number of hydrogen-bond acceptors (Lipinski definition) is 8. The van der Waals surface area contributed by atoms with Crippen LogP contribution in [0.25, 0.3) is 0 Å². The maximum atomic E-state index is 12.3. The summed E-state index contributed by atoms with van der Waals surface area (Å²) in [5.74, 6) is -7.90. The lowest BCUT2D eigenvalue weighted by Gasteiger charge is -2.21. The van der Waals surface area contributed by atoms with E-state index in [-0.39, 0.29) is 25.7 Å². The molecule has 15 nitrogen and oxygen atoms in total. The summed E-state index contributed by atoms with van der Waals surface area (Å²) in [6, 6.07) is -4.43. The van der Waals surface area contributed by atoms with E-state index >= 15 is 0 Å². The summed E-state index contributed by atoms with van der Waals surface area (Å²) in [6.07, 6.45) is -2.15. The smallest absolute Gasteiger partial charge is 0.326 e. The summed E-state index contributed by atoms with van der Waals surface area (Å²) >= 11 is 0. The number of nitrogens with two attached hydrogens (primary N) is 2. The molecule has 0 saturated carbocycles. The number of hydrogen-bond donors (Lipinski definition) is 8. The Hall–Kier alpha value is -3.75. The molecule has 0 fully saturated rings.